The van der Waals surface area contributed by atoms with E-state index in [2.05, 4.69) is 12.2 Å². The van der Waals surface area contributed by atoms with Crippen molar-refractivity contribution in [1.82, 2.24) is 5.32 Å². The SMILES string of the molecule is CCc1ccc(C(C)NC(=O)CN(c2ccc(CC)cc2)S(C)(=O)=O)cc1. The first-order chi connectivity index (χ1) is 12.7. The molecule has 1 amide bonds. The number of hydrogen-bond acceptors (Lipinski definition) is 3. The van der Waals surface area contributed by atoms with E-state index in [1.54, 1.807) is 12.1 Å². The van der Waals surface area contributed by atoms with E-state index in [0.29, 0.717) is 5.69 Å². The van der Waals surface area contributed by atoms with Gasteiger partial charge in [-0.3, -0.25) is 9.10 Å². The third-order valence-electron chi connectivity index (χ3n) is 4.59. The molecule has 0 spiro atoms. The summed E-state index contributed by atoms with van der Waals surface area (Å²) in [7, 11) is -3.57. The molecule has 2 aromatic rings. The van der Waals surface area contributed by atoms with Crippen molar-refractivity contribution in [3.63, 3.8) is 0 Å². The molecule has 1 N–H and O–H groups in total. The van der Waals surface area contributed by atoms with Crippen LogP contribution in [0, 0.1) is 0 Å². The first kappa shape index (κ1) is 21.0. The maximum Gasteiger partial charge on any atom is 0.241 e. The summed E-state index contributed by atoms with van der Waals surface area (Å²) in [5.74, 6) is -0.341. The van der Waals surface area contributed by atoms with Crippen LogP contribution < -0.4 is 9.62 Å². The summed E-state index contributed by atoms with van der Waals surface area (Å²) in [6, 6.07) is 15.1. The van der Waals surface area contributed by atoms with E-state index in [4.69, 9.17) is 0 Å². The third-order valence-corrected chi connectivity index (χ3v) is 5.73. The van der Waals surface area contributed by atoms with Crippen molar-refractivity contribution < 1.29 is 13.2 Å². The molecule has 6 heteroatoms. The van der Waals surface area contributed by atoms with Gasteiger partial charge in [-0.15, -0.1) is 0 Å². The van der Waals surface area contributed by atoms with Gasteiger partial charge in [-0.25, -0.2) is 8.42 Å². The summed E-state index contributed by atoms with van der Waals surface area (Å²) < 4.78 is 25.5. The predicted molar refractivity (Wildman–Crippen MR) is 110 cm³/mol. The zero-order valence-corrected chi connectivity index (χ0v) is 17.2. The van der Waals surface area contributed by atoms with Gasteiger partial charge in [-0.05, 0) is 48.6 Å². The van der Waals surface area contributed by atoms with Crippen molar-refractivity contribution in [3.05, 3.63) is 65.2 Å². The van der Waals surface area contributed by atoms with Crippen LogP contribution >= 0.6 is 0 Å². The van der Waals surface area contributed by atoms with E-state index in [-0.39, 0.29) is 18.5 Å². The van der Waals surface area contributed by atoms with Crippen LogP contribution in [0.3, 0.4) is 0 Å². The minimum absolute atomic E-state index is 0.202. The Kier molecular flexibility index (Phi) is 7.02. The summed E-state index contributed by atoms with van der Waals surface area (Å²) in [6.45, 7) is 5.76. The first-order valence-corrected chi connectivity index (χ1v) is 11.0. The van der Waals surface area contributed by atoms with Crippen LogP contribution in [-0.4, -0.2) is 27.1 Å². The molecule has 0 aromatic heterocycles. The maximum absolute atomic E-state index is 12.5. The highest BCUT2D eigenvalue weighted by molar-refractivity contribution is 7.92. The van der Waals surface area contributed by atoms with Gasteiger partial charge in [0.1, 0.15) is 6.54 Å². The average molecular weight is 389 g/mol. The molecule has 0 heterocycles. The zero-order valence-electron chi connectivity index (χ0n) is 16.4. The molecule has 1 atom stereocenters. The number of benzene rings is 2. The predicted octanol–water partition coefficient (Wildman–Crippen LogP) is 3.45. The second-order valence-electron chi connectivity index (χ2n) is 6.67. The van der Waals surface area contributed by atoms with Crippen molar-refractivity contribution >= 4 is 21.6 Å². The van der Waals surface area contributed by atoms with Crippen LogP contribution in [0.2, 0.25) is 0 Å². The third kappa shape index (κ3) is 5.82. The fourth-order valence-corrected chi connectivity index (χ4v) is 3.70. The van der Waals surface area contributed by atoms with Crippen LogP contribution in [0.4, 0.5) is 5.69 Å². The van der Waals surface area contributed by atoms with Gasteiger partial charge >= 0.3 is 0 Å². The minimum atomic E-state index is -3.57. The molecule has 0 saturated carbocycles. The Morgan fingerprint density at radius 1 is 0.963 bits per heavy atom. The number of anilines is 1. The summed E-state index contributed by atoms with van der Waals surface area (Å²) >= 11 is 0. The first-order valence-electron chi connectivity index (χ1n) is 9.19. The number of carbonyl (C=O) groups is 1. The quantitative estimate of drug-likeness (QED) is 0.753. The summed E-state index contributed by atoms with van der Waals surface area (Å²) in [5.41, 5.74) is 3.82. The zero-order chi connectivity index (χ0) is 20.0. The highest BCUT2D eigenvalue weighted by atomic mass is 32.2. The van der Waals surface area contributed by atoms with Gasteiger partial charge in [0.15, 0.2) is 0 Å². The molecule has 146 valence electrons. The average Bonchev–Trinajstić information content (AvgIpc) is 2.65. The number of rotatable bonds is 8. The molecular weight excluding hydrogens is 360 g/mol. The number of hydrogen-bond donors (Lipinski definition) is 1. The maximum atomic E-state index is 12.5. The molecule has 0 saturated heterocycles. The molecule has 0 bridgehead atoms. The van der Waals surface area contributed by atoms with E-state index in [1.807, 2.05) is 50.2 Å². The van der Waals surface area contributed by atoms with E-state index in [9.17, 15) is 13.2 Å². The molecule has 0 fully saturated rings. The molecular formula is C21H28N2O3S. The lowest BCUT2D eigenvalue weighted by molar-refractivity contribution is -0.120. The number of sulfonamides is 1. The van der Waals surface area contributed by atoms with Crippen LogP contribution in [0.15, 0.2) is 48.5 Å². The fraction of sp³-hybridized carbons (Fsp3) is 0.381. The Bertz CT molecular complexity index is 859. The summed E-state index contributed by atoms with van der Waals surface area (Å²) in [4.78, 5) is 12.5. The number of amides is 1. The molecule has 1 unspecified atom stereocenters. The van der Waals surface area contributed by atoms with Crippen molar-refractivity contribution in [3.8, 4) is 0 Å². The van der Waals surface area contributed by atoms with E-state index >= 15 is 0 Å². The second-order valence-corrected chi connectivity index (χ2v) is 8.58. The van der Waals surface area contributed by atoms with E-state index in [1.165, 1.54) is 5.56 Å². The molecule has 27 heavy (non-hydrogen) atoms. The lowest BCUT2D eigenvalue weighted by Crippen LogP contribution is -2.41. The highest BCUT2D eigenvalue weighted by Gasteiger charge is 2.21. The minimum Gasteiger partial charge on any atom is -0.348 e. The molecule has 0 aliphatic rings. The topological polar surface area (TPSA) is 66.5 Å². The van der Waals surface area contributed by atoms with Crippen molar-refractivity contribution in [2.24, 2.45) is 0 Å². The van der Waals surface area contributed by atoms with Crippen LogP contribution in [0.25, 0.3) is 0 Å². The Morgan fingerprint density at radius 3 is 1.89 bits per heavy atom. The Hall–Kier alpha value is -2.34. The molecule has 2 aromatic carbocycles. The van der Waals surface area contributed by atoms with E-state index in [0.717, 1.165) is 34.5 Å². The molecule has 5 nitrogen and oxygen atoms in total. The normalized spacial score (nSPS) is 12.4. The van der Waals surface area contributed by atoms with Gasteiger partial charge in [0.2, 0.25) is 15.9 Å². The Balaban J connectivity index is 2.10. The smallest absolute Gasteiger partial charge is 0.241 e. The number of aryl methyl sites for hydroxylation is 2. The lowest BCUT2D eigenvalue weighted by Gasteiger charge is -2.23. The standard InChI is InChI=1S/C21H28N2O3S/c1-5-17-7-11-19(12-8-17)16(3)22-21(24)15-23(27(4,25)26)20-13-9-18(6-2)10-14-20/h7-14,16H,5-6,15H2,1-4H3,(H,22,24). The number of nitrogens with zero attached hydrogens (tertiary/aromatic N) is 1. The number of carbonyl (C=O) groups excluding carboxylic acids is 1. The van der Waals surface area contributed by atoms with Crippen LogP contribution in [-0.2, 0) is 27.7 Å². The largest absolute Gasteiger partial charge is 0.348 e. The monoisotopic (exact) mass is 388 g/mol. The van der Waals surface area contributed by atoms with Gasteiger partial charge < -0.3 is 5.32 Å². The van der Waals surface area contributed by atoms with Crippen molar-refractivity contribution in [2.75, 3.05) is 17.1 Å². The second kappa shape index (κ2) is 9.04. The van der Waals surface area contributed by atoms with Crippen LogP contribution in [0.1, 0.15) is 43.5 Å². The van der Waals surface area contributed by atoms with Crippen molar-refractivity contribution in [1.29, 1.82) is 0 Å². The van der Waals surface area contributed by atoms with Crippen molar-refractivity contribution in [2.45, 2.75) is 39.7 Å². The fourth-order valence-electron chi connectivity index (χ4n) is 2.84. The Labute approximate surface area is 162 Å². The van der Waals surface area contributed by atoms with Gasteiger partial charge in [0.05, 0.1) is 18.0 Å². The van der Waals surface area contributed by atoms with E-state index < -0.39 is 10.0 Å². The van der Waals surface area contributed by atoms with Gasteiger partial charge in [-0.2, -0.15) is 0 Å². The van der Waals surface area contributed by atoms with Gasteiger partial charge in [-0.1, -0.05) is 50.2 Å². The number of nitrogens with one attached hydrogen (secondary N) is 1. The highest BCUT2D eigenvalue weighted by Crippen LogP contribution is 2.19. The molecule has 0 aliphatic carbocycles. The molecule has 0 radical (unpaired) electrons. The lowest BCUT2D eigenvalue weighted by atomic mass is 10.1. The van der Waals surface area contributed by atoms with Gasteiger partial charge in [0, 0.05) is 0 Å². The van der Waals surface area contributed by atoms with Crippen LogP contribution in [0.5, 0.6) is 0 Å². The molecule has 0 aliphatic heterocycles. The summed E-state index contributed by atoms with van der Waals surface area (Å²) in [6.07, 6.45) is 2.94. The van der Waals surface area contributed by atoms with Gasteiger partial charge in [0.25, 0.3) is 0 Å². The Morgan fingerprint density at radius 2 is 1.44 bits per heavy atom. The summed E-state index contributed by atoms with van der Waals surface area (Å²) in [5, 5.41) is 2.88. The molecule has 2 rings (SSSR count).